The third kappa shape index (κ3) is 3.95. The first-order chi connectivity index (χ1) is 8.77. The zero-order chi connectivity index (χ0) is 12.8. The maximum Gasteiger partial charge on any atom is 0.240 e. The standard InChI is InChI=1S/C14H26N2O2/c1-11-13(15-9-10-18-11)14(17)16-12-7-5-3-2-4-6-8-12/h11-13,15H,2-10H2,1H3,(H,16,17)/t11-,13+/m1/s1. The Morgan fingerprint density at radius 3 is 2.50 bits per heavy atom. The van der Waals surface area contributed by atoms with Gasteiger partial charge in [0.15, 0.2) is 0 Å². The van der Waals surface area contributed by atoms with Crippen molar-refractivity contribution in [3.63, 3.8) is 0 Å². The Kier molecular flexibility index (Phi) is 5.45. The summed E-state index contributed by atoms with van der Waals surface area (Å²) in [6.07, 6.45) is 8.72. The molecule has 2 fully saturated rings. The van der Waals surface area contributed by atoms with Crippen LogP contribution >= 0.6 is 0 Å². The van der Waals surface area contributed by atoms with Gasteiger partial charge in [-0.1, -0.05) is 32.1 Å². The van der Waals surface area contributed by atoms with Gasteiger partial charge in [0.2, 0.25) is 5.91 Å². The van der Waals surface area contributed by atoms with E-state index < -0.39 is 0 Å². The number of nitrogens with one attached hydrogen (secondary N) is 2. The fourth-order valence-electron chi connectivity index (χ4n) is 2.92. The number of carbonyl (C=O) groups is 1. The Hall–Kier alpha value is -0.610. The van der Waals surface area contributed by atoms with Crippen LogP contribution in [0.25, 0.3) is 0 Å². The fourth-order valence-corrected chi connectivity index (χ4v) is 2.92. The van der Waals surface area contributed by atoms with Crippen molar-refractivity contribution in [1.29, 1.82) is 0 Å². The first-order valence-electron chi connectivity index (χ1n) is 7.43. The van der Waals surface area contributed by atoms with E-state index in [2.05, 4.69) is 10.6 Å². The molecule has 2 rings (SSSR count). The summed E-state index contributed by atoms with van der Waals surface area (Å²) in [7, 11) is 0. The number of carbonyl (C=O) groups excluding carboxylic acids is 1. The summed E-state index contributed by atoms with van der Waals surface area (Å²) in [6.45, 7) is 3.44. The van der Waals surface area contributed by atoms with Gasteiger partial charge in [-0.15, -0.1) is 0 Å². The minimum atomic E-state index is -0.177. The largest absolute Gasteiger partial charge is 0.375 e. The van der Waals surface area contributed by atoms with Crippen LogP contribution in [-0.2, 0) is 9.53 Å². The zero-order valence-corrected chi connectivity index (χ0v) is 11.4. The molecule has 0 aromatic carbocycles. The second kappa shape index (κ2) is 7.10. The van der Waals surface area contributed by atoms with Gasteiger partial charge in [-0.25, -0.2) is 0 Å². The molecule has 18 heavy (non-hydrogen) atoms. The van der Waals surface area contributed by atoms with Crippen LogP contribution in [0, 0.1) is 0 Å². The monoisotopic (exact) mass is 254 g/mol. The highest BCUT2D eigenvalue weighted by Crippen LogP contribution is 2.17. The number of ether oxygens (including phenoxy) is 1. The molecule has 1 amide bonds. The topological polar surface area (TPSA) is 50.4 Å². The summed E-state index contributed by atoms with van der Waals surface area (Å²) in [5.74, 6) is 0.118. The predicted octanol–water partition coefficient (Wildman–Crippen LogP) is 1.59. The molecule has 1 heterocycles. The van der Waals surface area contributed by atoms with Crippen molar-refractivity contribution in [1.82, 2.24) is 10.6 Å². The molecule has 2 N–H and O–H groups in total. The first-order valence-corrected chi connectivity index (χ1v) is 7.43. The average molecular weight is 254 g/mol. The predicted molar refractivity (Wildman–Crippen MR) is 71.5 cm³/mol. The van der Waals surface area contributed by atoms with Crippen LogP contribution < -0.4 is 10.6 Å². The number of morpholine rings is 1. The highest BCUT2D eigenvalue weighted by atomic mass is 16.5. The number of rotatable bonds is 2. The summed E-state index contributed by atoms with van der Waals surface area (Å²) in [6, 6.07) is 0.193. The van der Waals surface area contributed by atoms with Crippen LogP contribution in [0.2, 0.25) is 0 Å². The molecule has 2 aliphatic rings. The first kappa shape index (κ1) is 13.8. The molecular formula is C14H26N2O2. The van der Waals surface area contributed by atoms with Crippen molar-refractivity contribution in [2.75, 3.05) is 13.2 Å². The second-order valence-corrected chi connectivity index (χ2v) is 5.56. The van der Waals surface area contributed by atoms with E-state index in [-0.39, 0.29) is 18.1 Å². The summed E-state index contributed by atoms with van der Waals surface area (Å²) in [4.78, 5) is 12.2. The molecule has 1 aliphatic carbocycles. The maximum atomic E-state index is 12.2. The lowest BCUT2D eigenvalue weighted by molar-refractivity contribution is -0.129. The van der Waals surface area contributed by atoms with Crippen molar-refractivity contribution >= 4 is 5.91 Å². The van der Waals surface area contributed by atoms with Gasteiger partial charge in [0.05, 0.1) is 12.7 Å². The molecule has 4 nitrogen and oxygen atoms in total. The smallest absolute Gasteiger partial charge is 0.240 e. The third-order valence-corrected chi connectivity index (χ3v) is 4.05. The molecule has 0 spiro atoms. The van der Waals surface area contributed by atoms with Gasteiger partial charge in [-0.2, -0.15) is 0 Å². The molecule has 104 valence electrons. The van der Waals surface area contributed by atoms with Crippen LogP contribution in [0.15, 0.2) is 0 Å². The quantitative estimate of drug-likeness (QED) is 0.787. The molecule has 0 bridgehead atoms. The van der Waals surface area contributed by atoms with Crippen molar-refractivity contribution in [3.8, 4) is 0 Å². The van der Waals surface area contributed by atoms with Gasteiger partial charge >= 0.3 is 0 Å². The molecule has 1 aliphatic heterocycles. The molecule has 1 saturated carbocycles. The average Bonchev–Trinajstić information content (AvgIpc) is 2.33. The van der Waals surface area contributed by atoms with E-state index in [9.17, 15) is 4.79 Å². The van der Waals surface area contributed by atoms with Crippen molar-refractivity contribution < 1.29 is 9.53 Å². The fraction of sp³-hybridized carbons (Fsp3) is 0.929. The Bertz CT molecular complexity index is 263. The SMILES string of the molecule is C[C@H]1OCCN[C@@H]1C(=O)NC1CCCCCCC1. The van der Waals surface area contributed by atoms with Crippen LogP contribution in [-0.4, -0.2) is 37.2 Å². The summed E-state index contributed by atoms with van der Waals surface area (Å²) >= 11 is 0. The summed E-state index contributed by atoms with van der Waals surface area (Å²) < 4.78 is 5.52. The van der Waals surface area contributed by atoms with Crippen LogP contribution in [0.4, 0.5) is 0 Å². The van der Waals surface area contributed by atoms with Gasteiger partial charge in [0, 0.05) is 12.6 Å². The molecule has 0 aromatic heterocycles. The molecule has 0 radical (unpaired) electrons. The van der Waals surface area contributed by atoms with Crippen LogP contribution in [0.5, 0.6) is 0 Å². The van der Waals surface area contributed by atoms with E-state index in [0.717, 1.165) is 19.4 Å². The van der Waals surface area contributed by atoms with E-state index in [4.69, 9.17) is 4.74 Å². The molecule has 1 saturated heterocycles. The summed E-state index contributed by atoms with van der Waals surface area (Å²) in [5, 5.41) is 6.45. The van der Waals surface area contributed by atoms with Crippen molar-refractivity contribution in [3.05, 3.63) is 0 Å². The number of amides is 1. The van der Waals surface area contributed by atoms with Gasteiger partial charge in [0.25, 0.3) is 0 Å². The van der Waals surface area contributed by atoms with Crippen molar-refractivity contribution in [2.24, 2.45) is 0 Å². The van der Waals surface area contributed by atoms with E-state index in [0.29, 0.717) is 12.6 Å². The highest BCUT2D eigenvalue weighted by Gasteiger charge is 2.29. The minimum Gasteiger partial charge on any atom is -0.375 e. The van der Waals surface area contributed by atoms with Gasteiger partial charge in [0.1, 0.15) is 6.04 Å². The van der Waals surface area contributed by atoms with E-state index >= 15 is 0 Å². The van der Waals surface area contributed by atoms with E-state index in [1.165, 1.54) is 32.1 Å². The zero-order valence-electron chi connectivity index (χ0n) is 11.4. The second-order valence-electron chi connectivity index (χ2n) is 5.56. The number of hydrogen-bond acceptors (Lipinski definition) is 3. The van der Waals surface area contributed by atoms with Gasteiger partial charge < -0.3 is 15.4 Å². The van der Waals surface area contributed by atoms with E-state index in [1.54, 1.807) is 0 Å². The minimum absolute atomic E-state index is 0.0210. The normalized spacial score (nSPS) is 31.4. The molecule has 0 aromatic rings. The lowest BCUT2D eigenvalue weighted by Gasteiger charge is -2.31. The Labute approximate surface area is 110 Å². The summed E-state index contributed by atoms with van der Waals surface area (Å²) in [5.41, 5.74) is 0. The van der Waals surface area contributed by atoms with E-state index in [1.807, 2.05) is 6.92 Å². The third-order valence-electron chi connectivity index (χ3n) is 4.05. The molecule has 0 unspecified atom stereocenters. The van der Waals surface area contributed by atoms with Gasteiger partial charge in [-0.3, -0.25) is 4.79 Å². The molecule has 4 heteroatoms. The molecular weight excluding hydrogens is 228 g/mol. The number of hydrogen-bond donors (Lipinski definition) is 2. The lowest BCUT2D eigenvalue weighted by Crippen LogP contribution is -2.57. The van der Waals surface area contributed by atoms with Crippen LogP contribution in [0.1, 0.15) is 51.9 Å². The Morgan fingerprint density at radius 1 is 1.17 bits per heavy atom. The maximum absolute atomic E-state index is 12.2. The Balaban J connectivity index is 1.81. The van der Waals surface area contributed by atoms with Gasteiger partial charge in [-0.05, 0) is 19.8 Å². The van der Waals surface area contributed by atoms with Crippen LogP contribution in [0.3, 0.4) is 0 Å². The van der Waals surface area contributed by atoms with Crippen molar-refractivity contribution in [2.45, 2.75) is 70.1 Å². The Morgan fingerprint density at radius 2 is 1.83 bits per heavy atom. The lowest BCUT2D eigenvalue weighted by atomic mass is 9.96. The molecule has 2 atom stereocenters. The highest BCUT2D eigenvalue weighted by molar-refractivity contribution is 5.82.